The summed E-state index contributed by atoms with van der Waals surface area (Å²) in [7, 11) is 0. The number of nitrogens with one attached hydrogen (secondary N) is 1. The number of anilines is 1. The highest BCUT2D eigenvalue weighted by Crippen LogP contribution is 2.19. The van der Waals surface area contributed by atoms with Gasteiger partial charge in [-0.1, -0.05) is 11.6 Å². The second-order valence-corrected chi connectivity index (χ2v) is 5.94. The molecule has 0 aliphatic carbocycles. The molecule has 0 saturated heterocycles. The zero-order chi connectivity index (χ0) is 17.1. The van der Waals surface area contributed by atoms with Gasteiger partial charge in [0.1, 0.15) is 0 Å². The van der Waals surface area contributed by atoms with Crippen molar-refractivity contribution in [1.82, 2.24) is 9.78 Å². The van der Waals surface area contributed by atoms with Crippen LogP contribution >= 0.6 is 11.6 Å². The summed E-state index contributed by atoms with van der Waals surface area (Å²) < 4.78 is 1.78. The van der Waals surface area contributed by atoms with Crippen molar-refractivity contribution in [2.24, 2.45) is 0 Å². The second kappa shape index (κ2) is 6.84. The Bertz CT molecular complexity index is 900. The smallest absolute Gasteiger partial charge is 0.226 e. The first kappa shape index (κ1) is 16.2. The molecule has 1 N–H and O–H groups in total. The number of rotatable bonds is 5. The van der Waals surface area contributed by atoms with E-state index >= 15 is 0 Å². The fraction of sp³-hybridized carbons (Fsp3) is 0.167. The molecule has 24 heavy (non-hydrogen) atoms. The number of aryl methyl sites for hydroxylation is 1. The largest absolute Gasteiger partial charge is 0.326 e. The zero-order valence-electron chi connectivity index (χ0n) is 13.1. The molecule has 5 nitrogen and oxygen atoms in total. The van der Waals surface area contributed by atoms with Gasteiger partial charge in [0.05, 0.1) is 18.3 Å². The highest BCUT2D eigenvalue weighted by atomic mass is 35.5. The number of nitrogens with zero attached hydrogens (tertiary/aromatic N) is 2. The first-order chi connectivity index (χ1) is 11.5. The van der Waals surface area contributed by atoms with E-state index in [2.05, 4.69) is 10.4 Å². The number of ketones is 1. The van der Waals surface area contributed by atoms with Crippen LogP contribution in [0.1, 0.15) is 23.7 Å². The summed E-state index contributed by atoms with van der Waals surface area (Å²) in [4.78, 5) is 23.3. The molecule has 1 amide bonds. The van der Waals surface area contributed by atoms with Crippen LogP contribution in [0, 0.1) is 0 Å². The highest BCUT2D eigenvalue weighted by Gasteiger charge is 2.07. The number of halogens is 1. The van der Waals surface area contributed by atoms with Crippen molar-refractivity contribution in [3.63, 3.8) is 0 Å². The van der Waals surface area contributed by atoms with Crippen LogP contribution in [0.2, 0.25) is 5.02 Å². The van der Waals surface area contributed by atoms with E-state index in [1.165, 1.54) is 6.92 Å². The molecule has 122 valence electrons. The number of carbonyl (C=O) groups is 2. The maximum Gasteiger partial charge on any atom is 0.226 e. The third-order valence-electron chi connectivity index (χ3n) is 3.73. The van der Waals surface area contributed by atoms with Gasteiger partial charge in [-0.15, -0.1) is 0 Å². The summed E-state index contributed by atoms with van der Waals surface area (Å²) in [5.74, 6) is -0.110. The molecule has 1 aromatic heterocycles. The van der Waals surface area contributed by atoms with Gasteiger partial charge in [0.15, 0.2) is 5.78 Å². The molecule has 0 bridgehead atoms. The lowest BCUT2D eigenvalue weighted by Gasteiger charge is -2.07. The molecule has 0 spiro atoms. The van der Waals surface area contributed by atoms with Crippen LogP contribution in [0.5, 0.6) is 0 Å². The number of fused-ring (bicyclic) bond motifs is 1. The van der Waals surface area contributed by atoms with E-state index in [1.807, 2.05) is 12.1 Å². The molecule has 0 aliphatic rings. The fourth-order valence-corrected chi connectivity index (χ4v) is 2.64. The molecule has 2 aromatic carbocycles. The van der Waals surface area contributed by atoms with E-state index < -0.39 is 0 Å². The minimum atomic E-state index is -0.108. The Kier molecular flexibility index (Phi) is 4.62. The Hall–Kier alpha value is -2.66. The van der Waals surface area contributed by atoms with Crippen LogP contribution in [-0.4, -0.2) is 21.5 Å². The van der Waals surface area contributed by atoms with E-state index in [9.17, 15) is 9.59 Å². The number of hydrogen-bond donors (Lipinski definition) is 1. The molecule has 3 aromatic rings. The molecular weight excluding hydrogens is 326 g/mol. The molecule has 0 atom stereocenters. The van der Waals surface area contributed by atoms with Crippen molar-refractivity contribution in [3.05, 3.63) is 59.2 Å². The van der Waals surface area contributed by atoms with E-state index in [-0.39, 0.29) is 11.7 Å². The number of benzene rings is 2. The molecule has 0 fully saturated rings. The maximum atomic E-state index is 12.1. The number of Topliss-reactive ketones (excluding diaryl/α,β-unsaturated/α-hetero) is 1. The summed E-state index contributed by atoms with van der Waals surface area (Å²) in [6.07, 6.45) is 2.04. The molecule has 0 saturated carbocycles. The standard InChI is InChI=1S/C18H16ClN3O2/c1-12(23)13-2-5-16(6-3-13)21-18(24)8-9-22-17-7-4-15(19)10-14(17)11-20-22/h2-7,10-11H,8-9H2,1H3,(H,21,24). The topological polar surface area (TPSA) is 64.0 Å². The Morgan fingerprint density at radius 3 is 2.62 bits per heavy atom. The number of aromatic nitrogens is 2. The molecule has 0 radical (unpaired) electrons. The van der Waals surface area contributed by atoms with Crippen molar-refractivity contribution in [3.8, 4) is 0 Å². The molecular formula is C18H16ClN3O2. The SMILES string of the molecule is CC(=O)c1ccc(NC(=O)CCn2ncc3cc(Cl)ccc32)cc1. The Labute approximate surface area is 144 Å². The predicted octanol–water partition coefficient (Wildman–Crippen LogP) is 3.92. The third-order valence-corrected chi connectivity index (χ3v) is 3.96. The van der Waals surface area contributed by atoms with E-state index in [0.717, 1.165) is 10.9 Å². The van der Waals surface area contributed by atoms with E-state index in [4.69, 9.17) is 11.6 Å². The lowest BCUT2D eigenvalue weighted by molar-refractivity contribution is -0.116. The Morgan fingerprint density at radius 1 is 1.17 bits per heavy atom. The van der Waals surface area contributed by atoms with Crippen molar-refractivity contribution in [1.29, 1.82) is 0 Å². The highest BCUT2D eigenvalue weighted by molar-refractivity contribution is 6.31. The van der Waals surface area contributed by atoms with Crippen molar-refractivity contribution in [2.45, 2.75) is 19.9 Å². The summed E-state index contributed by atoms with van der Waals surface area (Å²) in [5, 5.41) is 8.71. The molecule has 3 rings (SSSR count). The van der Waals surface area contributed by atoms with E-state index in [1.54, 1.807) is 41.2 Å². The van der Waals surface area contributed by atoms with Crippen LogP contribution in [-0.2, 0) is 11.3 Å². The Morgan fingerprint density at radius 2 is 1.92 bits per heavy atom. The summed E-state index contributed by atoms with van der Waals surface area (Å²) in [5.41, 5.74) is 2.23. The number of amides is 1. The fourth-order valence-electron chi connectivity index (χ4n) is 2.46. The lowest BCUT2D eigenvalue weighted by atomic mass is 10.1. The van der Waals surface area contributed by atoms with Crippen LogP contribution in [0.4, 0.5) is 5.69 Å². The summed E-state index contributed by atoms with van der Waals surface area (Å²) in [6, 6.07) is 12.4. The van der Waals surface area contributed by atoms with Crippen molar-refractivity contribution >= 4 is 39.9 Å². The van der Waals surface area contributed by atoms with Gasteiger partial charge in [0.25, 0.3) is 0 Å². The molecule has 6 heteroatoms. The van der Waals surface area contributed by atoms with Gasteiger partial charge in [-0.25, -0.2) is 0 Å². The van der Waals surface area contributed by atoms with Crippen LogP contribution in [0.25, 0.3) is 10.9 Å². The minimum Gasteiger partial charge on any atom is -0.326 e. The van der Waals surface area contributed by atoms with Gasteiger partial charge >= 0.3 is 0 Å². The number of hydrogen-bond acceptors (Lipinski definition) is 3. The van der Waals surface area contributed by atoms with Gasteiger partial charge in [-0.05, 0) is 49.4 Å². The maximum absolute atomic E-state index is 12.1. The lowest BCUT2D eigenvalue weighted by Crippen LogP contribution is -2.15. The predicted molar refractivity (Wildman–Crippen MR) is 94.4 cm³/mol. The van der Waals surface area contributed by atoms with Gasteiger partial charge in [0.2, 0.25) is 5.91 Å². The minimum absolute atomic E-state index is 0.00135. The van der Waals surface area contributed by atoms with Gasteiger partial charge < -0.3 is 5.32 Å². The van der Waals surface area contributed by atoms with Crippen LogP contribution in [0.3, 0.4) is 0 Å². The van der Waals surface area contributed by atoms with Crippen LogP contribution < -0.4 is 5.32 Å². The first-order valence-electron chi connectivity index (χ1n) is 7.55. The van der Waals surface area contributed by atoms with Gasteiger partial charge in [0, 0.05) is 28.1 Å². The van der Waals surface area contributed by atoms with Crippen molar-refractivity contribution < 1.29 is 9.59 Å². The molecule has 0 unspecified atom stereocenters. The van der Waals surface area contributed by atoms with Gasteiger partial charge in [-0.3, -0.25) is 14.3 Å². The molecule has 0 aliphatic heterocycles. The van der Waals surface area contributed by atoms with Crippen molar-refractivity contribution in [2.75, 3.05) is 5.32 Å². The average Bonchev–Trinajstić information content (AvgIpc) is 2.95. The third kappa shape index (κ3) is 3.63. The van der Waals surface area contributed by atoms with Crippen LogP contribution in [0.15, 0.2) is 48.7 Å². The second-order valence-electron chi connectivity index (χ2n) is 5.50. The zero-order valence-corrected chi connectivity index (χ0v) is 13.9. The van der Waals surface area contributed by atoms with Gasteiger partial charge in [-0.2, -0.15) is 5.10 Å². The van der Waals surface area contributed by atoms with E-state index in [0.29, 0.717) is 29.2 Å². The quantitative estimate of drug-likeness (QED) is 0.715. The normalized spacial score (nSPS) is 10.8. The number of carbonyl (C=O) groups excluding carboxylic acids is 2. The summed E-state index contributed by atoms with van der Waals surface area (Å²) >= 11 is 5.95. The monoisotopic (exact) mass is 341 g/mol. The first-order valence-corrected chi connectivity index (χ1v) is 7.92. The summed E-state index contributed by atoms with van der Waals surface area (Å²) in [6.45, 7) is 1.98. The Balaban J connectivity index is 1.61. The average molecular weight is 342 g/mol. The molecule has 1 heterocycles.